The summed E-state index contributed by atoms with van der Waals surface area (Å²) in [6, 6.07) is 10.5. The van der Waals surface area contributed by atoms with Gasteiger partial charge in [0, 0.05) is 24.3 Å². The molecule has 0 amide bonds. The average molecular weight is 710 g/mol. The van der Waals surface area contributed by atoms with E-state index in [2.05, 4.69) is 0 Å². The Morgan fingerprint density at radius 2 is 1.00 bits per heavy atom. The minimum Gasteiger partial charge on any atom is -0.478 e. The lowest BCUT2D eigenvalue weighted by Crippen LogP contribution is -2.40. The molecule has 0 spiro atoms. The summed E-state index contributed by atoms with van der Waals surface area (Å²) in [5.74, 6) is -1.59. The average Bonchev–Trinajstić information content (AvgIpc) is 3.83. The van der Waals surface area contributed by atoms with E-state index in [0.717, 1.165) is 12.1 Å². The first-order chi connectivity index (χ1) is 23.5. The quantitative estimate of drug-likeness (QED) is 0.197. The Balaban J connectivity index is 0.000000247. The van der Waals surface area contributed by atoms with Crippen LogP contribution in [0.3, 0.4) is 0 Å². The molecule has 5 rings (SSSR count). The van der Waals surface area contributed by atoms with Crippen LogP contribution in [0.15, 0.2) is 48.5 Å². The van der Waals surface area contributed by atoms with E-state index in [4.69, 9.17) is 24.1 Å². The number of aliphatic hydroxyl groups excluding tert-OH is 2. The lowest BCUT2D eigenvalue weighted by molar-refractivity contribution is -0.385. The number of carboxylic acid groups (broad SMARTS) is 1. The van der Waals surface area contributed by atoms with Crippen LogP contribution in [-0.2, 0) is 18.9 Å². The molecule has 2 aromatic carbocycles. The second-order valence-electron chi connectivity index (χ2n) is 12.2. The summed E-state index contributed by atoms with van der Waals surface area (Å²) in [6.07, 6.45) is -0.910. The van der Waals surface area contributed by atoms with Crippen molar-refractivity contribution in [2.45, 2.75) is 36.4 Å². The van der Waals surface area contributed by atoms with E-state index in [-0.39, 0.29) is 53.4 Å². The van der Waals surface area contributed by atoms with Crippen molar-refractivity contribution < 1.29 is 53.7 Å². The van der Waals surface area contributed by atoms with Gasteiger partial charge in [-0.25, -0.2) is 9.59 Å². The highest BCUT2D eigenvalue weighted by Crippen LogP contribution is 2.18. The zero-order chi connectivity index (χ0) is 37.5. The van der Waals surface area contributed by atoms with Gasteiger partial charge in [0.1, 0.15) is 6.10 Å². The molecule has 3 heterocycles. The molecule has 0 unspecified atom stereocenters. The molecule has 50 heavy (non-hydrogen) atoms. The number of carboxylic acids is 1. The van der Waals surface area contributed by atoms with E-state index in [0.29, 0.717) is 45.2 Å². The summed E-state index contributed by atoms with van der Waals surface area (Å²) in [4.78, 5) is 47.8. The molecule has 2 aromatic rings. The molecule has 3 fully saturated rings. The van der Waals surface area contributed by atoms with Gasteiger partial charge in [0.25, 0.3) is 11.4 Å². The summed E-state index contributed by atoms with van der Waals surface area (Å²) in [6.45, 7) is 3.18. The van der Waals surface area contributed by atoms with Crippen molar-refractivity contribution in [1.82, 2.24) is 14.7 Å². The Kier molecular flexibility index (Phi) is 17.2. The third-order valence-electron chi connectivity index (χ3n) is 7.93. The molecule has 3 aliphatic heterocycles. The lowest BCUT2D eigenvalue weighted by Gasteiger charge is -2.23. The number of carbonyl (C=O) groups is 2. The number of rotatable bonds is 8. The van der Waals surface area contributed by atoms with Crippen molar-refractivity contribution in [3.63, 3.8) is 0 Å². The van der Waals surface area contributed by atoms with Crippen molar-refractivity contribution >= 4 is 23.3 Å². The molecular weight excluding hydrogens is 662 g/mol. The van der Waals surface area contributed by atoms with Crippen LogP contribution in [0, 0.1) is 20.2 Å². The molecule has 0 aromatic heterocycles. The fourth-order valence-electron chi connectivity index (χ4n) is 4.82. The Morgan fingerprint density at radius 3 is 1.30 bits per heavy atom. The number of nitro benzene ring substituents is 2. The van der Waals surface area contributed by atoms with Gasteiger partial charge >= 0.3 is 11.9 Å². The third kappa shape index (κ3) is 13.3. The molecule has 0 saturated carbocycles. The number of ether oxygens (including phenoxy) is 4. The maximum Gasteiger partial charge on any atom is 0.338 e. The first kappa shape index (κ1) is 42.0. The van der Waals surface area contributed by atoms with Crippen molar-refractivity contribution in [2.75, 3.05) is 81.9 Å². The van der Waals surface area contributed by atoms with Crippen LogP contribution >= 0.6 is 0 Å². The molecule has 18 nitrogen and oxygen atoms in total. The van der Waals surface area contributed by atoms with Crippen molar-refractivity contribution in [3.8, 4) is 0 Å². The molecule has 0 radical (unpaired) electrons. The lowest BCUT2D eigenvalue weighted by atomic mass is 10.2. The number of hydrogen-bond acceptors (Lipinski definition) is 15. The number of non-ortho nitro benzene ring substituents is 2. The molecule has 3 N–H and O–H groups in total. The fourth-order valence-corrected chi connectivity index (χ4v) is 4.82. The van der Waals surface area contributed by atoms with Crippen LogP contribution in [0.5, 0.6) is 0 Å². The molecule has 278 valence electrons. The van der Waals surface area contributed by atoms with Gasteiger partial charge in [-0.1, -0.05) is 0 Å². The Bertz CT molecular complexity index is 1320. The Morgan fingerprint density at radius 1 is 0.640 bits per heavy atom. The van der Waals surface area contributed by atoms with Gasteiger partial charge in [0.05, 0.1) is 90.9 Å². The van der Waals surface area contributed by atoms with E-state index >= 15 is 0 Å². The van der Waals surface area contributed by atoms with Gasteiger partial charge in [-0.05, 0) is 66.6 Å². The van der Waals surface area contributed by atoms with Crippen LogP contribution in [0.2, 0.25) is 0 Å². The van der Waals surface area contributed by atoms with E-state index in [1.165, 1.54) is 36.4 Å². The number of benzene rings is 2. The molecule has 6 atom stereocenters. The second-order valence-corrected chi connectivity index (χ2v) is 12.2. The smallest absolute Gasteiger partial charge is 0.338 e. The Hall–Kier alpha value is -4.14. The topological polar surface area (TPSA) is 228 Å². The van der Waals surface area contributed by atoms with E-state index in [9.17, 15) is 40.0 Å². The van der Waals surface area contributed by atoms with Crippen molar-refractivity contribution in [1.29, 1.82) is 0 Å². The van der Waals surface area contributed by atoms with E-state index in [1.54, 1.807) is 0 Å². The number of nitrogens with zero attached hydrogens (tertiary/aromatic N) is 5. The highest BCUT2D eigenvalue weighted by Gasteiger charge is 2.33. The summed E-state index contributed by atoms with van der Waals surface area (Å²) < 4.78 is 20.8. The fraction of sp³-hybridized carbons (Fsp3) is 0.562. The zero-order valence-corrected chi connectivity index (χ0v) is 29.0. The number of likely N-dealkylation sites (N-methyl/N-ethyl adjacent to an activating group) is 3. The molecule has 3 saturated heterocycles. The zero-order valence-electron chi connectivity index (χ0n) is 29.0. The van der Waals surface area contributed by atoms with Crippen LogP contribution < -0.4 is 0 Å². The van der Waals surface area contributed by atoms with Crippen LogP contribution in [0.4, 0.5) is 11.4 Å². The van der Waals surface area contributed by atoms with E-state index < -0.39 is 21.8 Å². The number of aliphatic hydroxyl groups is 2. The highest BCUT2D eigenvalue weighted by molar-refractivity contribution is 5.89. The van der Waals surface area contributed by atoms with Gasteiger partial charge in [0.15, 0.2) is 0 Å². The summed E-state index contributed by atoms with van der Waals surface area (Å²) in [7, 11) is 11.6. The van der Waals surface area contributed by atoms with Gasteiger partial charge in [-0.3, -0.25) is 20.2 Å². The monoisotopic (exact) mass is 709 g/mol. The largest absolute Gasteiger partial charge is 0.478 e. The number of nitro groups is 2. The molecule has 3 aliphatic rings. The third-order valence-corrected chi connectivity index (χ3v) is 7.93. The van der Waals surface area contributed by atoms with Gasteiger partial charge in [-0.2, -0.15) is 0 Å². The van der Waals surface area contributed by atoms with Crippen LogP contribution in [-0.4, -0.2) is 170 Å². The minimum absolute atomic E-state index is 0.0250. The maximum absolute atomic E-state index is 12.0. The molecular formula is C32H47N5O13. The minimum atomic E-state index is -1.09. The normalized spacial score (nSPS) is 24.0. The van der Waals surface area contributed by atoms with Crippen LogP contribution in [0.1, 0.15) is 20.7 Å². The summed E-state index contributed by atoms with van der Waals surface area (Å²) in [5, 5.41) is 47.5. The van der Waals surface area contributed by atoms with Crippen LogP contribution in [0.25, 0.3) is 0 Å². The summed E-state index contributed by atoms with van der Waals surface area (Å²) in [5.41, 5.74) is 0.164. The number of aromatic carboxylic acids is 1. The molecule has 0 bridgehead atoms. The van der Waals surface area contributed by atoms with Crippen molar-refractivity contribution in [3.05, 3.63) is 79.9 Å². The predicted octanol–water partition coefficient (Wildman–Crippen LogP) is 0.989. The maximum atomic E-state index is 12.0. The predicted molar refractivity (Wildman–Crippen MR) is 179 cm³/mol. The second kappa shape index (κ2) is 20.5. The number of esters is 1. The SMILES string of the molecule is CN(C)[C@H]1COC[C@@H]1O.CN(C)[C@H]1COC[C@H]1O.CN(C)[C@H]1COC[C@H]1OC(=O)c1ccc([N+](=O)[O-])cc1.O=C(O)c1ccc([N+](=O)[O-])cc1. The standard InChI is InChI=1S/C13H16N2O5.C7H5NO4.2C6H13NO2/c1-14(2)11-7-19-8-12(11)20-13(16)9-3-5-10(6-4-9)15(17)18;9-7(10)5-1-3-6(4-2-5)8(11)12;2*1-7(2)5-3-9-4-6(5)8/h3-6,11-12H,7-8H2,1-2H3;1-4H,(H,9,10);2*5-6,8H,3-4H2,1-2H3/t11-,12+;;5-,6+;5-,6-/m0.00/s1. The van der Waals surface area contributed by atoms with Crippen molar-refractivity contribution in [2.24, 2.45) is 0 Å². The Labute approximate surface area is 290 Å². The molecule has 0 aliphatic carbocycles. The molecule has 18 heteroatoms. The first-order valence-corrected chi connectivity index (χ1v) is 15.5. The summed E-state index contributed by atoms with van der Waals surface area (Å²) >= 11 is 0. The first-order valence-electron chi connectivity index (χ1n) is 15.5. The number of carbonyl (C=O) groups excluding carboxylic acids is 1. The van der Waals surface area contributed by atoms with Gasteiger partial charge < -0.3 is 49.0 Å². The van der Waals surface area contributed by atoms with Gasteiger partial charge in [0.2, 0.25) is 0 Å². The number of hydrogen-bond donors (Lipinski definition) is 3. The van der Waals surface area contributed by atoms with E-state index in [1.807, 2.05) is 57.0 Å². The highest BCUT2D eigenvalue weighted by atomic mass is 16.6. The van der Waals surface area contributed by atoms with Gasteiger partial charge in [-0.15, -0.1) is 0 Å².